The van der Waals surface area contributed by atoms with E-state index >= 15 is 0 Å². The first-order valence-corrected chi connectivity index (χ1v) is 8.52. The van der Waals surface area contributed by atoms with Gasteiger partial charge in [-0.3, -0.25) is 9.59 Å². The van der Waals surface area contributed by atoms with E-state index in [1.807, 2.05) is 33.8 Å². The lowest BCUT2D eigenvalue weighted by atomic mass is 9.96. The maximum absolute atomic E-state index is 12.4. The lowest BCUT2D eigenvalue weighted by molar-refractivity contribution is -0.123. The van der Waals surface area contributed by atoms with Crippen LogP contribution in [0.5, 0.6) is 0 Å². The fourth-order valence-electron chi connectivity index (χ4n) is 2.29. The Kier molecular flexibility index (Phi) is 7.04. The van der Waals surface area contributed by atoms with Crippen LogP contribution in [0.25, 0.3) is 0 Å². The molecule has 1 saturated heterocycles. The van der Waals surface area contributed by atoms with Gasteiger partial charge in [0.1, 0.15) is 0 Å². The zero-order chi connectivity index (χ0) is 16.3. The van der Waals surface area contributed by atoms with Crippen LogP contribution in [-0.4, -0.2) is 30.9 Å². The van der Waals surface area contributed by atoms with Crippen molar-refractivity contribution in [3.8, 4) is 0 Å². The van der Waals surface area contributed by atoms with Crippen LogP contribution in [0.2, 0.25) is 0 Å². The van der Waals surface area contributed by atoms with Gasteiger partial charge in [0.15, 0.2) is 0 Å². The SMILES string of the molecule is Cc1cc(NC(=O)C(C)(C)C)sc1C(=O)N[C@H]1CCCNC1.Cl. The van der Waals surface area contributed by atoms with Crippen molar-refractivity contribution >= 4 is 40.6 Å². The Bertz CT molecular complexity index is 560. The van der Waals surface area contributed by atoms with Crippen LogP contribution in [-0.2, 0) is 4.79 Å². The largest absolute Gasteiger partial charge is 0.347 e. The Labute approximate surface area is 148 Å². The molecule has 0 aliphatic carbocycles. The van der Waals surface area contributed by atoms with Gasteiger partial charge in [0.2, 0.25) is 5.91 Å². The monoisotopic (exact) mass is 359 g/mol. The van der Waals surface area contributed by atoms with E-state index in [4.69, 9.17) is 0 Å². The summed E-state index contributed by atoms with van der Waals surface area (Å²) in [6, 6.07) is 2.05. The lowest BCUT2D eigenvalue weighted by Crippen LogP contribution is -2.45. The van der Waals surface area contributed by atoms with Crippen molar-refractivity contribution in [2.45, 2.75) is 46.6 Å². The fraction of sp³-hybridized carbons (Fsp3) is 0.625. The average Bonchev–Trinajstić information content (AvgIpc) is 2.79. The number of anilines is 1. The number of hydrogen-bond acceptors (Lipinski definition) is 4. The van der Waals surface area contributed by atoms with E-state index in [1.165, 1.54) is 11.3 Å². The van der Waals surface area contributed by atoms with E-state index in [9.17, 15) is 9.59 Å². The lowest BCUT2D eigenvalue weighted by Gasteiger charge is -2.23. The zero-order valence-corrected chi connectivity index (χ0v) is 15.7. The Morgan fingerprint density at radius 2 is 2.04 bits per heavy atom. The predicted molar refractivity (Wildman–Crippen MR) is 97.7 cm³/mol. The summed E-state index contributed by atoms with van der Waals surface area (Å²) in [5.41, 5.74) is 0.448. The summed E-state index contributed by atoms with van der Waals surface area (Å²) in [6.45, 7) is 9.35. The van der Waals surface area contributed by atoms with Gasteiger partial charge >= 0.3 is 0 Å². The minimum Gasteiger partial charge on any atom is -0.347 e. The zero-order valence-electron chi connectivity index (χ0n) is 14.1. The van der Waals surface area contributed by atoms with Crippen LogP contribution < -0.4 is 16.0 Å². The molecule has 2 rings (SSSR count). The molecule has 0 bridgehead atoms. The Hall–Kier alpha value is -1.11. The Morgan fingerprint density at radius 3 is 2.61 bits per heavy atom. The average molecular weight is 360 g/mol. The van der Waals surface area contributed by atoms with Gasteiger partial charge in [0, 0.05) is 18.0 Å². The quantitative estimate of drug-likeness (QED) is 0.777. The highest BCUT2D eigenvalue weighted by atomic mass is 35.5. The van der Waals surface area contributed by atoms with Crippen molar-refractivity contribution < 1.29 is 9.59 Å². The van der Waals surface area contributed by atoms with Crippen molar-refractivity contribution in [1.82, 2.24) is 10.6 Å². The fourth-order valence-corrected chi connectivity index (χ4v) is 3.27. The molecule has 0 unspecified atom stereocenters. The molecule has 1 fully saturated rings. The normalized spacial score (nSPS) is 18.0. The van der Waals surface area contributed by atoms with Gasteiger partial charge in [-0.15, -0.1) is 23.7 Å². The molecule has 0 radical (unpaired) electrons. The Balaban J connectivity index is 0.00000264. The summed E-state index contributed by atoms with van der Waals surface area (Å²) < 4.78 is 0. The molecule has 1 aromatic heterocycles. The van der Waals surface area contributed by atoms with E-state index in [0.29, 0.717) is 4.88 Å². The van der Waals surface area contributed by atoms with Crippen molar-refractivity contribution in [2.75, 3.05) is 18.4 Å². The molecule has 1 aliphatic rings. The molecule has 0 spiro atoms. The number of carbonyl (C=O) groups excluding carboxylic acids is 2. The minimum absolute atomic E-state index is 0. The van der Waals surface area contributed by atoms with E-state index in [2.05, 4.69) is 16.0 Å². The number of thiophene rings is 1. The van der Waals surface area contributed by atoms with Gasteiger partial charge < -0.3 is 16.0 Å². The highest BCUT2D eigenvalue weighted by molar-refractivity contribution is 7.18. The number of piperidine rings is 1. The maximum atomic E-state index is 12.4. The highest BCUT2D eigenvalue weighted by Crippen LogP contribution is 2.28. The van der Waals surface area contributed by atoms with E-state index in [0.717, 1.165) is 36.5 Å². The molecule has 7 heteroatoms. The molecule has 2 heterocycles. The first kappa shape index (κ1) is 19.9. The molecule has 2 amide bonds. The third-order valence-corrected chi connectivity index (χ3v) is 4.83. The van der Waals surface area contributed by atoms with Gasteiger partial charge in [-0.2, -0.15) is 0 Å². The second kappa shape index (κ2) is 8.13. The molecule has 130 valence electrons. The molecule has 3 N–H and O–H groups in total. The number of halogens is 1. The molecule has 23 heavy (non-hydrogen) atoms. The molecule has 0 saturated carbocycles. The topological polar surface area (TPSA) is 70.2 Å². The third-order valence-electron chi connectivity index (χ3n) is 3.67. The molecular formula is C16H26ClN3O2S. The van der Waals surface area contributed by atoms with Crippen LogP contribution in [0, 0.1) is 12.3 Å². The summed E-state index contributed by atoms with van der Waals surface area (Å²) in [6.07, 6.45) is 2.10. The summed E-state index contributed by atoms with van der Waals surface area (Å²) in [7, 11) is 0. The maximum Gasteiger partial charge on any atom is 0.261 e. The smallest absolute Gasteiger partial charge is 0.261 e. The second-order valence-electron chi connectivity index (χ2n) is 6.84. The molecule has 1 atom stereocenters. The van der Waals surface area contributed by atoms with Crippen LogP contribution in [0.3, 0.4) is 0 Å². The summed E-state index contributed by atoms with van der Waals surface area (Å²) in [4.78, 5) is 25.1. The number of nitrogens with one attached hydrogen (secondary N) is 3. The molecule has 0 aromatic carbocycles. The van der Waals surface area contributed by atoms with E-state index < -0.39 is 5.41 Å². The van der Waals surface area contributed by atoms with Crippen LogP contribution in [0.4, 0.5) is 5.00 Å². The van der Waals surface area contributed by atoms with Crippen LogP contribution >= 0.6 is 23.7 Å². The van der Waals surface area contributed by atoms with Gasteiger partial charge in [0.05, 0.1) is 9.88 Å². The van der Waals surface area contributed by atoms with Crippen molar-refractivity contribution in [1.29, 1.82) is 0 Å². The summed E-state index contributed by atoms with van der Waals surface area (Å²) in [5.74, 6) is -0.0929. The standard InChI is InChI=1S/C16H25N3O2S.ClH/c1-10-8-12(19-15(21)16(2,3)4)22-13(10)14(20)18-11-6-5-7-17-9-11;/h8,11,17H,5-7,9H2,1-4H3,(H,18,20)(H,19,21);1H/t11-;/m0./s1. The van der Waals surface area contributed by atoms with Gasteiger partial charge in [-0.1, -0.05) is 20.8 Å². The summed E-state index contributed by atoms with van der Waals surface area (Å²) in [5, 5.41) is 9.97. The second-order valence-corrected chi connectivity index (χ2v) is 7.90. The van der Waals surface area contributed by atoms with Crippen LogP contribution in [0.1, 0.15) is 48.8 Å². The number of aryl methyl sites for hydroxylation is 1. The number of hydrogen-bond donors (Lipinski definition) is 3. The van der Waals surface area contributed by atoms with Crippen molar-refractivity contribution in [2.24, 2.45) is 5.41 Å². The summed E-state index contributed by atoms with van der Waals surface area (Å²) >= 11 is 1.34. The third kappa shape index (κ3) is 5.48. The molecular weight excluding hydrogens is 334 g/mol. The van der Waals surface area contributed by atoms with Crippen molar-refractivity contribution in [3.05, 3.63) is 16.5 Å². The van der Waals surface area contributed by atoms with Crippen LogP contribution in [0.15, 0.2) is 6.07 Å². The van der Waals surface area contributed by atoms with E-state index in [1.54, 1.807) is 0 Å². The van der Waals surface area contributed by atoms with Gasteiger partial charge in [-0.25, -0.2) is 0 Å². The van der Waals surface area contributed by atoms with Crippen molar-refractivity contribution in [3.63, 3.8) is 0 Å². The number of carbonyl (C=O) groups is 2. The first-order chi connectivity index (χ1) is 10.3. The highest BCUT2D eigenvalue weighted by Gasteiger charge is 2.24. The number of rotatable bonds is 3. The predicted octanol–water partition coefficient (Wildman–Crippen LogP) is 2.94. The Morgan fingerprint density at radius 1 is 1.35 bits per heavy atom. The van der Waals surface area contributed by atoms with E-state index in [-0.39, 0.29) is 30.3 Å². The minimum atomic E-state index is -0.450. The first-order valence-electron chi connectivity index (χ1n) is 7.71. The number of amides is 2. The van der Waals surface area contributed by atoms with Gasteiger partial charge in [-0.05, 0) is 37.9 Å². The van der Waals surface area contributed by atoms with Gasteiger partial charge in [0.25, 0.3) is 5.91 Å². The molecule has 1 aromatic rings. The molecule has 5 nitrogen and oxygen atoms in total. The molecule has 1 aliphatic heterocycles.